The Kier molecular flexibility index (Phi) is 3.39. The molecule has 0 heterocycles. The van der Waals surface area contributed by atoms with Gasteiger partial charge in [-0.05, 0) is 12.8 Å². The highest BCUT2D eigenvalue weighted by atomic mass is 16.1. The second-order valence-corrected chi connectivity index (χ2v) is 2.86. The van der Waals surface area contributed by atoms with Crippen molar-refractivity contribution in [3.8, 4) is 0 Å². The van der Waals surface area contributed by atoms with Crippen molar-refractivity contribution in [2.24, 2.45) is 9.98 Å². The molecule has 0 aliphatic heterocycles. The van der Waals surface area contributed by atoms with Crippen molar-refractivity contribution in [1.82, 2.24) is 0 Å². The Balaban J connectivity index is 2.65. The van der Waals surface area contributed by atoms with E-state index < -0.39 is 0 Å². The lowest BCUT2D eigenvalue weighted by Crippen LogP contribution is -2.26. The lowest BCUT2D eigenvalue weighted by molar-refractivity contribution is 0.384. The third-order valence-corrected chi connectivity index (χ3v) is 2.13. The lowest BCUT2D eigenvalue weighted by Gasteiger charge is -2.22. The van der Waals surface area contributed by atoms with E-state index in [1.807, 2.05) is 0 Å². The van der Waals surface area contributed by atoms with Gasteiger partial charge in [0.1, 0.15) is 0 Å². The van der Waals surface area contributed by atoms with Crippen LogP contribution in [0.5, 0.6) is 0 Å². The summed E-state index contributed by atoms with van der Waals surface area (Å²) in [4.78, 5) is 27.2. The number of aliphatic imine (C=N–C) groups is 2. The van der Waals surface area contributed by atoms with Crippen LogP contribution < -0.4 is 0 Å². The monoisotopic (exact) mass is 166 g/mol. The van der Waals surface area contributed by atoms with Gasteiger partial charge in [0.25, 0.3) is 0 Å². The summed E-state index contributed by atoms with van der Waals surface area (Å²) < 4.78 is 0. The predicted octanol–water partition coefficient (Wildman–Crippen LogP) is 0.969. The van der Waals surface area contributed by atoms with Gasteiger partial charge >= 0.3 is 0 Å². The van der Waals surface area contributed by atoms with Crippen molar-refractivity contribution in [3.63, 3.8) is 0 Å². The molecule has 4 heteroatoms. The molecule has 0 aromatic carbocycles. The molecule has 0 saturated heterocycles. The molecule has 0 N–H and O–H groups in total. The van der Waals surface area contributed by atoms with Crippen molar-refractivity contribution < 1.29 is 9.59 Å². The fourth-order valence-corrected chi connectivity index (χ4v) is 1.53. The molecule has 0 aromatic rings. The van der Waals surface area contributed by atoms with Crippen LogP contribution in [0.2, 0.25) is 0 Å². The van der Waals surface area contributed by atoms with Crippen LogP contribution >= 0.6 is 0 Å². The SMILES string of the molecule is O=C=N[C@H]1CCCC[C@@H]1N=C=O. The van der Waals surface area contributed by atoms with Crippen LogP contribution in [0.15, 0.2) is 9.98 Å². The normalized spacial score (nSPS) is 28.3. The minimum absolute atomic E-state index is 0.141. The second-order valence-electron chi connectivity index (χ2n) is 2.86. The molecule has 12 heavy (non-hydrogen) atoms. The average Bonchev–Trinajstić information content (AvgIpc) is 2.09. The van der Waals surface area contributed by atoms with Crippen molar-refractivity contribution in [2.75, 3.05) is 0 Å². The number of rotatable bonds is 2. The summed E-state index contributed by atoms with van der Waals surface area (Å²) in [5, 5.41) is 0. The molecule has 0 bridgehead atoms. The first-order valence-corrected chi connectivity index (χ1v) is 4.02. The molecule has 2 atom stereocenters. The largest absolute Gasteiger partial charge is 0.235 e. The molecule has 0 unspecified atom stereocenters. The molecule has 64 valence electrons. The van der Waals surface area contributed by atoms with Gasteiger partial charge < -0.3 is 0 Å². The fraction of sp³-hybridized carbons (Fsp3) is 0.750. The summed E-state index contributed by atoms with van der Waals surface area (Å²) in [6.45, 7) is 0. The van der Waals surface area contributed by atoms with Crippen LogP contribution in [0.4, 0.5) is 0 Å². The zero-order valence-corrected chi connectivity index (χ0v) is 6.69. The minimum atomic E-state index is -0.141. The predicted molar refractivity (Wildman–Crippen MR) is 42.3 cm³/mol. The van der Waals surface area contributed by atoms with Gasteiger partial charge in [0.2, 0.25) is 12.2 Å². The molecule has 4 nitrogen and oxygen atoms in total. The van der Waals surface area contributed by atoms with Crippen LogP contribution in [0.3, 0.4) is 0 Å². The molecule has 1 saturated carbocycles. The van der Waals surface area contributed by atoms with E-state index in [1.54, 1.807) is 0 Å². The summed E-state index contributed by atoms with van der Waals surface area (Å²) >= 11 is 0. The Bertz CT molecular complexity index is 213. The number of isocyanates is 2. The van der Waals surface area contributed by atoms with Gasteiger partial charge in [0.05, 0.1) is 12.1 Å². The highest BCUT2D eigenvalue weighted by Gasteiger charge is 2.23. The number of nitrogens with zero attached hydrogens (tertiary/aromatic N) is 2. The molecule has 1 aliphatic carbocycles. The maximum absolute atomic E-state index is 9.99. The maximum Gasteiger partial charge on any atom is 0.235 e. The van der Waals surface area contributed by atoms with Gasteiger partial charge in [-0.1, -0.05) is 12.8 Å². The summed E-state index contributed by atoms with van der Waals surface area (Å²) in [6, 6.07) is -0.282. The van der Waals surface area contributed by atoms with Gasteiger partial charge in [-0.15, -0.1) is 0 Å². The summed E-state index contributed by atoms with van der Waals surface area (Å²) in [7, 11) is 0. The van der Waals surface area contributed by atoms with E-state index in [0.717, 1.165) is 25.7 Å². The van der Waals surface area contributed by atoms with Crippen molar-refractivity contribution in [2.45, 2.75) is 37.8 Å². The van der Waals surface area contributed by atoms with Crippen LogP contribution in [-0.4, -0.2) is 24.2 Å². The fourth-order valence-electron chi connectivity index (χ4n) is 1.53. The molecule has 1 rings (SSSR count). The zero-order chi connectivity index (χ0) is 8.81. The first-order valence-electron chi connectivity index (χ1n) is 4.02. The summed E-state index contributed by atoms with van der Waals surface area (Å²) in [5.74, 6) is 0. The molecule has 0 aromatic heterocycles. The van der Waals surface area contributed by atoms with Gasteiger partial charge in [0.15, 0.2) is 0 Å². The number of hydrogen-bond acceptors (Lipinski definition) is 4. The molecule has 0 radical (unpaired) electrons. The van der Waals surface area contributed by atoms with Crippen molar-refractivity contribution >= 4 is 12.2 Å². The molecule has 1 fully saturated rings. The van der Waals surface area contributed by atoms with Gasteiger partial charge in [-0.3, -0.25) is 0 Å². The first kappa shape index (κ1) is 8.85. The van der Waals surface area contributed by atoms with Crippen molar-refractivity contribution in [3.05, 3.63) is 0 Å². The van der Waals surface area contributed by atoms with Crippen LogP contribution in [-0.2, 0) is 9.59 Å². The zero-order valence-electron chi connectivity index (χ0n) is 6.69. The average molecular weight is 166 g/mol. The lowest BCUT2D eigenvalue weighted by atomic mass is 9.91. The third kappa shape index (κ3) is 2.12. The van der Waals surface area contributed by atoms with Crippen LogP contribution in [0, 0.1) is 0 Å². The Labute approximate surface area is 70.4 Å². The molecule has 0 spiro atoms. The van der Waals surface area contributed by atoms with E-state index >= 15 is 0 Å². The molecule has 1 aliphatic rings. The van der Waals surface area contributed by atoms with Gasteiger partial charge in [-0.2, -0.15) is 0 Å². The number of carbonyl (C=O) groups excluding carboxylic acids is 2. The van der Waals surface area contributed by atoms with Crippen LogP contribution in [0.25, 0.3) is 0 Å². The Hall–Kier alpha value is -1.24. The van der Waals surface area contributed by atoms with E-state index in [2.05, 4.69) is 9.98 Å². The van der Waals surface area contributed by atoms with E-state index in [-0.39, 0.29) is 12.1 Å². The van der Waals surface area contributed by atoms with Crippen LogP contribution in [0.1, 0.15) is 25.7 Å². The Morgan fingerprint density at radius 3 is 1.67 bits per heavy atom. The minimum Gasteiger partial charge on any atom is -0.211 e. The van der Waals surface area contributed by atoms with Gasteiger partial charge in [0, 0.05) is 0 Å². The maximum atomic E-state index is 9.99. The topological polar surface area (TPSA) is 58.9 Å². The highest BCUT2D eigenvalue weighted by molar-refractivity contribution is 5.36. The quantitative estimate of drug-likeness (QED) is 0.453. The van der Waals surface area contributed by atoms with E-state index in [0.29, 0.717) is 0 Å². The van der Waals surface area contributed by atoms with E-state index in [1.165, 1.54) is 12.2 Å². The molecular formula is C8H10N2O2. The van der Waals surface area contributed by atoms with Crippen molar-refractivity contribution in [1.29, 1.82) is 0 Å². The first-order chi connectivity index (χ1) is 5.88. The molecular weight excluding hydrogens is 156 g/mol. The smallest absolute Gasteiger partial charge is 0.211 e. The van der Waals surface area contributed by atoms with Gasteiger partial charge in [-0.25, -0.2) is 19.6 Å². The number of hydrogen-bond donors (Lipinski definition) is 0. The standard InChI is InChI=1S/C8H10N2O2/c11-5-9-7-3-1-2-4-8(7)10-6-12/h7-8H,1-4H2/t7-,8-/m0/s1. The summed E-state index contributed by atoms with van der Waals surface area (Å²) in [5.41, 5.74) is 0. The summed E-state index contributed by atoms with van der Waals surface area (Å²) in [6.07, 6.45) is 6.76. The Morgan fingerprint density at radius 2 is 1.33 bits per heavy atom. The van der Waals surface area contributed by atoms with E-state index in [4.69, 9.17) is 0 Å². The highest BCUT2D eigenvalue weighted by Crippen LogP contribution is 2.22. The third-order valence-electron chi connectivity index (χ3n) is 2.13. The van der Waals surface area contributed by atoms with E-state index in [9.17, 15) is 9.59 Å². The second kappa shape index (κ2) is 4.60. The Morgan fingerprint density at radius 1 is 0.917 bits per heavy atom. The molecule has 0 amide bonds.